The molecule has 12 heteroatoms. The molecule has 1 aliphatic carbocycles. The third-order valence-corrected chi connectivity index (χ3v) is 8.11. The van der Waals surface area contributed by atoms with Gasteiger partial charge in [0, 0.05) is 29.4 Å². The van der Waals surface area contributed by atoms with E-state index in [-0.39, 0.29) is 39.6 Å². The highest BCUT2D eigenvalue weighted by atomic mass is 32.2. The van der Waals surface area contributed by atoms with E-state index in [0.717, 1.165) is 12.8 Å². The number of imidazole rings is 1. The van der Waals surface area contributed by atoms with Gasteiger partial charge >= 0.3 is 6.18 Å². The first kappa shape index (κ1) is 26.9. The number of hydrogen-bond acceptors (Lipinski definition) is 5. The Labute approximate surface area is 222 Å². The van der Waals surface area contributed by atoms with Crippen LogP contribution >= 0.6 is 0 Å². The number of rotatable bonds is 8. The second-order valence-corrected chi connectivity index (χ2v) is 11.0. The number of aryl methyl sites for hydroxylation is 1. The van der Waals surface area contributed by atoms with E-state index in [0.29, 0.717) is 5.69 Å². The molecule has 5 rings (SSSR count). The predicted octanol–water partition coefficient (Wildman–Crippen LogP) is 4.55. The minimum Gasteiger partial charge on any atom is -0.370 e. The second kappa shape index (κ2) is 9.78. The van der Waals surface area contributed by atoms with Crippen molar-refractivity contribution in [3.8, 4) is 0 Å². The van der Waals surface area contributed by atoms with Crippen molar-refractivity contribution in [2.75, 3.05) is 5.32 Å². The summed E-state index contributed by atoms with van der Waals surface area (Å²) in [6.07, 6.45) is -3.47. The number of hydrogen-bond donors (Lipinski definition) is 3. The number of nitrogens with one attached hydrogen (secondary N) is 2. The lowest BCUT2D eigenvalue weighted by molar-refractivity contribution is -0.252. The van der Waals surface area contributed by atoms with Crippen molar-refractivity contribution in [2.45, 2.75) is 49.0 Å². The number of sulfonamides is 1. The van der Waals surface area contributed by atoms with Crippen LogP contribution in [0.1, 0.15) is 41.5 Å². The van der Waals surface area contributed by atoms with Gasteiger partial charge < -0.3 is 15.0 Å². The molecule has 4 aromatic rings. The lowest BCUT2D eigenvalue weighted by atomic mass is 9.92. The fourth-order valence-corrected chi connectivity index (χ4v) is 5.67. The molecule has 1 amide bonds. The first-order valence-electron chi connectivity index (χ1n) is 12.2. The second-order valence-electron chi connectivity index (χ2n) is 9.33. The molecule has 8 nitrogen and oxygen atoms in total. The van der Waals surface area contributed by atoms with Crippen molar-refractivity contribution in [3.05, 3.63) is 89.7 Å². The number of aromatic nitrogens is 2. The van der Waals surface area contributed by atoms with Crippen LogP contribution in [0.3, 0.4) is 0 Å². The van der Waals surface area contributed by atoms with Gasteiger partial charge in [0.05, 0.1) is 15.9 Å². The summed E-state index contributed by atoms with van der Waals surface area (Å²) >= 11 is 0. The fourth-order valence-electron chi connectivity index (χ4n) is 4.37. The van der Waals surface area contributed by atoms with E-state index in [1.54, 1.807) is 13.0 Å². The molecule has 0 spiro atoms. The Kier molecular flexibility index (Phi) is 6.73. The Hall–Kier alpha value is -3.74. The maximum atomic E-state index is 14.3. The number of carbonyl (C=O) groups is 1. The molecule has 204 valence electrons. The van der Waals surface area contributed by atoms with E-state index in [1.165, 1.54) is 71.3 Å². The minimum absolute atomic E-state index is 0.0406. The van der Waals surface area contributed by atoms with Crippen molar-refractivity contribution in [1.82, 2.24) is 14.3 Å². The van der Waals surface area contributed by atoms with E-state index < -0.39 is 33.5 Å². The first-order valence-corrected chi connectivity index (χ1v) is 13.7. The van der Waals surface area contributed by atoms with E-state index >= 15 is 0 Å². The summed E-state index contributed by atoms with van der Waals surface area (Å²) in [5.41, 5.74) is -2.84. The smallest absolute Gasteiger partial charge is 0.370 e. The molecule has 1 aromatic heterocycles. The Morgan fingerprint density at radius 3 is 2.31 bits per heavy atom. The van der Waals surface area contributed by atoms with Gasteiger partial charge in [-0.15, -0.1) is 0 Å². The van der Waals surface area contributed by atoms with Gasteiger partial charge in [0.1, 0.15) is 0 Å². The maximum absolute atomic E-state index is 14.3. The van der Waals surface area contributed by atoms with Gasteiger partial charge in [-0.3, -0.25) is 4.79 Å². The summed E-state index contributed by atoms with van der Waals surface area (Å²) in [5.74, 6) is -1.16. The molecule has 0 saturated heterocycles. The van der Waals surface area contributed by atoms with Crippen LogP contribution in [-0.4, -0.2) is 41.2 Å². The van der Waals surface area contributed by atoms with Crippen LogP contribution in [0, 0.1) is 0 Å². The van der Waals surface area contributed by atoms with Crippen LogP contribution in [0.5, 0.6) is 0 Å². The van der Waals surface area contributed by atoms with Gasteiger partial charge in [-0.25, -0.2) is 18.1 Å². The van der Waals surface area contributed by atoms with Gasteiger partial charge in [-0.1, -0.05) is 30.3 Å². The van der Waals surface area contributed by atoms with Crippen molar-refractivity contribution in [1.29, 1.82) is 0 Å². The number of nitrogens with zero attached hydrogens (tertiary/aromatic N) is 2. The lowest BCUT2D eigenvalue weighted by Crippen LogP contribution is -2.45. The van der Waals surface area contributed by atoms with Gasteiger partial charge in [-0.05, 0) is 62.2 Å². The summed E-state index contributed by atoms with van der Waals surface area (Å²) < 4.78 is 71.5. The molecule has 3 N–H and O–H groups in total. The molecular formula is C27H25F3N4O4S. The summed E-state index contributed by atoms with van der Waals surface area (Å²) in [5, 5.41) is 13.7. The van der Waals surface area contributed by atoms with E-state index in [4.69, 9.17) is 0 Å². The number of amides is 1. The van der Waals surface area contributed by atoms with Crippen LogP contribution in [0.2, 0.25) is 0 Å². The third kappa shape index (κ3) is 5.02. The zero-order valence-corrected chi connectivity index (χ0v) is 21.6. The third-order valence-electron chi connectivity index (χ3n) is 6.57. The summed E-state index contributed by atoms with van der Waals surface area (Å²) in [4.78, 5) is 17.2. The van der Waals surface area contributed by atoms with Crippen molar-refractivity contribution in [3.63, 3.8) is 0 Å². The Balaban J connectivity index is 1.46. The Morgan fingerprint density at radius 1 is 1.05 bits per heavy atom. The number of fused-ring (bicyclic) bond motifs is 1. The molecule has 1 saturated carbocycles. The predicted molar refractivity (Wildman–Crippen MR) is 139 cm³/mol. The molecule has 1 fully saturated rings. The molecule has 0 radical (unpaired) electrons. The van der Waals surface area contributed by atoms with E-state index in [2.05, 4.69) is 15.0 Å². The zero-order chi connectivity index (χ0) is 28.0. The summed E-state index contributed by atoms with van der Waals surface area (Å²) in [7, 11) is -3.64. The molecule has 1 atom stereocenters. The highest BCUT2D eigenvalue weighted by molar-refractivity contribution is 7.89. The first-order chi connectivity index (χ1) is 18.4. The lowest BCUT2D eigenvalue weighted by Gasteiger charge is -2.30. The quantitative estimate of drug-likeness (QED) is 0.294. The summed E-state index contributed by atoms with van der Waals surface area (Å²) in [6, 6.07) is 16.6. The average molecular weight is 559 g/mol. The topological polar surface area (TPSA) is 113 Å². The number of halogens is 3. The highest BCUT2D eigenvalue weighted by Crippen LogP contribution is 2.44. The molecule has 1 heterocycles. The van der Waals surface area contributed by atoms with Gasteiger partial charge in [0.15, 0.2) is 5.82 Å². The number of anilines is 1. The molecule has 3 aromatic carbocycles. The maximum Gasteiger partial charge on any atom is 0.428 e. The standard InChI is InChI=1S/C27H25F3N4O4S/c1-2-34-23-16-17(24(35)31-19-11-13-21(14-12-19)39(37,38)33-20-9-10-20)8-15-22(23)32-25(34)26(36,27(28,29)30)18-6-4-3-5-7-18/h3-8,11-16,20,33,36H,2,9-10H2,1H3,(H,31,35). The largest absolute Gasteiger partial charge is 0.428 e. The highest BCUT2D eigenvalue weighted by Gasteiger charge is 2.59. The van der Waals surface area contributed by atoms with Crippen molar-refractivity contribution < 1.29 is 31.5 Å². The van der Waals surface area contributed by atoms with Crippen LogP contribution in [-0.2, 0) is 22.2 Å². The monoisotopic (exact) mass is 558 g/mol. The number of carbonyl (C=O) groups excluding carboxylic acids is 1. The van der Waals surface area contributed by atoms with Gasteiger partial charge in [0.2, 0.25) is 15.6 Å². The molecular weight excluding hydrogens is 533 g/mol. The summed E-state index contributed by atoms with van der Waals surface area (Å²) in [6.45, 7) is 1.67. The molecule has 1 aliphatic rings. The van der Waals surface area contributed by atoms with E-state index in [1.807, 2.05) is 0 Å². The Bertz CT molecular complexity index is 1630. The number of aliphatic hydroxyl groups is 1. The van der Waals surface area contributed by atoms with Gasteiger partial charge in [0.25, 0.3) is 5.91 Å². The van der Waals surface area contributed by atoms with Crippen LogP contribution in [0.25, 0.3) is 11.0 Å². The van der Waals surface area contributed by atoms with E-state index in [9.17, 15) is 31.5 Å². The number of alkyl halides is 3. The van der Waals surface area contributed by atoms with Crippen LogP contribution < -0.4 is 10.0 Å². The molecule has 0 bridgehead atoms. The SMILES string of the molecule is CCn1c(C(O)(c2ccccc2)C(F)(F)F)nc2ccc(C(=O)Nc3ccc(S(=O)(=O)NC4CC4)cc3)cc21. The fraction of sp³-hybridized carbons (Fsp3) is 0.259. The Morgan fingerprint density at radius 2 is 1.72 bits per heavy atom. The van der Waals surface area contributed by atoms with Gasteiger partial charge in [-0.2, -0.15) is 13.2 Å². The van der Waals surface area contributed by atoms with Crippen LogP contribution in [0.15, 0.2) is 77.7 Å². The number of benzene rings is 3. The van der Waals surface area contributed by atoms with Crippen molar-refractivity contribution >= 4 is 32.7 Å². The minimum atomic E-state index is -5.07. The normalized spacial score (nSPS) is 15.7. The zero-order valence-electron chi connectivity index (χ0n) is 20.7. The average Bonchev–Trinajstić information content (AvgIpc) is 3.63. The van der Waals surface area contributed by atoms with Crippen molar-refractivity contribution in [2.24, 2.45) is 0 Å². The molecule has 1 unspecified atom stereocenters. The van der Waals surface area contributed by atoms with Crippen LogP contribution in [0.4, 0.5) is 18.9 Å². The molecule has 0 aliphatic heterocycles. The molecule has 39 heavy (non-hydrogen) atoms.